The molecule has 0 radical (unpaired) electrons. The smallest absolute Gasteiger partial charge is 0.339 e. The summed E-state index contributed by atoms with van der Waals surface area (Å²) in [6.07, 6.45) is 9.47. The van der Waals surface area contributed by atoms with E-state index in [1.807, 2.05) is 50.5 Å². The number of benzene rings is 1. The molecule has 0 spiro atoms. The van der Waals surface area contributed by atoms with Crippen LogP contribution in [0.4, 0.5) is 0 Å². The van der Waals surface area contributed by atoms with Gasteiger partial charge >= 0.3 is 5.97 Å². The quantitative estimate of drug-likeness (QED) is 0.349. The van der Waals surface area contributed by atoms with Gasteiger partial charge in [-0.05, 0) is 62.0 Å². The standard InChI is InChI=1S/C27H31N5O4/c1-17(11-18(2)36-16-21-9-4-5-10-35-21)19-7-6-8-20(12-19)32-26(24(14-28-32)27(33)34)23-13-22(23)25-15-31(3)30-29-25/h6-8,11-12,14-15,21-23H,2,4-5,9-10,13,16H2,1,3H3,(H,33,34)/b17-11+. The normalized spacial score (nSPS) is 21.8. The molecule has 5 rings (SSSR count). The lowest BCUT2D eigenvalue weighted by Crippen LogP contribution is -2.23. The van der Waals surface area contributed by atoms with E-state index in [0.717, 1.165) is 48.4 Å². The fraction of sp³-hybridized carbons (Fsp3) is 0.407. The van der Waals surface area contributed by atoms with Crippen LogP contribution in [0.15, 0.2) is 55.1 Å². The molecule has 0 bridgehead atoms. The highest BCUT2D eigenvalue weighted by molar-refractivity contribution is 5.89. The highest BCUT2D eigenvalue weighted by Crippen LogP contribution is 2.55. The number of carboxylic acid groups (broad SMARTS) is 1. The van der Waals surface area contributed by atoms with Crippen molar-refractivity contribution in [1.29, 1.82) is 0 Å². The molecule has 1 aromatic carbocycles. The lowest BCUT2D eigenvalue weighted by molar-refractivity contribution is -0.0240. The molecule has 188 valence electrons. The number of ether oxygens (including phenoxy) is 2. The van der Waals surface area contributed by atoms with Crippen LogP contribution >= 0.6 is 0 Å². The Balaban J connectivity index is 1.36. The van der Waals surface area contributed by atoms with Gasteiger partial charge in [0.15, 0.2) is 0 Å². The molecule has 3 unspecified atom stereocenters. The maximum Gasteiger partial charge on any atom is 0.339 e. The number of aromatic carboxylic acids is 1. The monoisotopic (exact) mass is 489 g/mol. The van der Waals surface area contributed by atoms with E-state index in [0.29, 0.717) is 18.1 Å². The summed E-state index contributed by atoms with van der Waals surface area (Å²) in [4.78, 5) is 12.0. The number of hydrogen-bond acceptors (Lipinski definition) is 6. The molecule has 1 aliphatic heterocycles. The average molecular weight is 490 g/mol. The third-order valence-corrected chi connectivity index (χ3v) is 6.83. The summed E-state index contributed by atoms with van der Waals surface area (Å²) in [5.41, 5.74) is 4.55. The lowest BCUT2D eigenvalue weighted by atomic mass is 10.1. The van der Waals surface area contributed by atoms with E-state index in [2.05, 4.69) is 22.0 Å². The second kappa shape index (κ2) is 10.1. The second-order valence-corrected chi connectivity index (χ2v) is 9.57. The molecule has 3 heterocycles. The maximum absolute atomic E-state index is 12.0. The molecule has 9 nitrogen and oxygen atoms in total. The zero-order chi connectivity index (χ0) is 25.2. The Kier molecular flexibility index (Phi) is 6.73. The molecule has 1 aliphatic carbocycles. The summed E-state index contributed by atoms with van der Waals surface area (Å²) in [6, 6.07) is 7.89. The first-order chi connectivity index (χ1) is 17.4. The molecule has 2 aliphatic rings. The summed E-state index contributed by atoms with van der Waals surface area (Å²) in [5, 5.41) is 22.5. The van der Waals surface area contributed by atoms with Gasteiger partial charge in [0.2, 0.25) is 0 Å². The van der Waals surface area contributed by atoms with Crippen LogP contribution in [0.5, 0.6) is 0 Å². The number of aryl methyl sites for hydroxylation is 1. The fourth-order valence-corrected chi connectivity index (χ4v) is 4.83. The number of aromatic nitrogens is 5. The number of allylic oxidation sites excluding steroid dienone is 2. The van der Waals surface area contributed by atoms with Crippen LogP contribution in [0.3, 0.4) is 0 Å². The number of rotatable bonds is 9. The minimum atomic E-state index is -0.983. The van der Waals surface area contributed by atoms with Crippen LogP contribution in [-0.4, -0.2) is 55.2 Å². The van der Waals surface area contributed by atoms with Crippen molar-refractivity contribution < 1.29 is 19.4 Å². The number of hydrogen-bond donors (Lipinski definition) is 1. The lowest BCUT2D eigenvalue weighted by Gasteiger charge is -2.22. The minimum absolute atomic E-state index is 0.0192. The molecule has 9 heteroatoms. The van der Waals surface area contributed by atoms with Crippen molar-refractivity contribution in [3.05, 3.63) is 77.6 Å². The number of nitrogens with zero attached hydrogens (tertiary/aromatic N) is 5. The van der Waals surface area contributed by atoms with Gasteiger partial charge < -0.3 is 14.6 Å². The molecule has 1 saturated heterocycles. The van der Waals surface area contributed by atoms with Crippen LogP contribution in [0, 0.1) is 0 Å². The van der Waals surface area contributed by atoms with Gasteiger partial charge in [0.25, 0.3) is 0 Å². The maximum atomic E-state index is 12.0. The van der Waals surface area contributed by atoms with Crippen LogP contribution < -0.4 is 0 Å². The van der Waals surface area contributed by atoms with Crippen molar-refractivity contribution in [3.8, 4) is 5.69 Å². The zero-order valence-electron chi connectivity index (χ0n) is 20.6. The van der Waals surface area contributed by atoms with E-state index >= 15 is 0 Å². The second-order valence-electron chi connectivity index (χ2n) is 9.57. The van der Waals surface area contributed by atoms with Crippen LogP contribution in [0.25, 0.3) is 11.3 Å². The topological polar surface area (TPSA) is 104 Å². The molecular formula is C27H31N5O4. The summed E-state index contributed by atoms with van der Waals surface area (Å²) >= 11 is 0. The van der Waals surface area contributed by atoms with Gasteiger partial charge in [-0.3, -0.25) is 4.68 Å². The first kappa shape index (κ1) is 24.0. The van der Waals surface area contributed by atoms with Crippen LogP contribution in [0.2, 0.25) is 0 Å². The number of carboxylic acids is 1. The molecule has 3 aromatic rings. The van der Waals surface area contributed by atoms with Crippen molar-refractivity contribution in [2.24, 2.45) is 7.05 Å². The van der Waals surface area contributed by atoms with Crippen molar-refractivity contribution in [3.63, 3.8) is 0 Å². The Morgan fingerprint density at radius 1 is 1.33 bits per heavy atom. The Morgan fingerprint density at radius 3 is 2.92 bits per heavy atom. The largest absolute Gasteiger partial charge is 0.492 e. The Bertz CT molecular complexity index is 1300. The molecule has 1 saturated carbocycles. The average Bonchev–Trinajstić information content (AvgIpc) is 3.32. The predicted molar refractivity (Wildman–Crippen MR) is 134 cm³/mol. The van der Waals surface area contributed by atoms with E-state index in [4.69, 9.17) is 9.47 Å². The molecule has 2 aromatic heterocycles. The van der Waals surface area contributed by atoms with E-state index in [9.17, 15) is 9.90 Å². The molecule has 1 N–H and O–H groups in total. The Hall–Kier alpha value is -3.72. The molecule has 36 heavy (non-hydrogen) atoms. The van der Waals surface area contributed by atoms with Crippen molar-refractivity contribution in [2.45, 2.75) is 50.5 Å². The van der Waals surface area contributed by atoms with E-state index < -0.39 is 5.97 Å². The summed E-state index contributed by atoms with van der Waals surface area (Å²) in [7, 11) is 1.83. The third kappa shape index (κ3) is 5.11. The molecule has 3 atom stereocenters. The van der Waals surface area contributed by atoms with Crippen molar-refractivity contribution in [2.75, 3.05) is 13.2 Å². The predicted octanol–water partition coefficient (Wildman–Crippen LogP) is 4.47. The van der Waals surface area contributed by atoms with Gasteiger partial charge in [0.05, 0.1) is 29.4 Å². The van der Waals surface area contributed by atoms with Gasteiger partial charge in [-0.2, -0.15) is 5.10 Å². The minimum Gasteiger partial charge on any atom is -0.492 e. The fourth-order valence-electron chi connectivity index (χ4n) is 4.83. The van der Waals surface area contributed by atoms with Crippen LogP contribution in [0.1, 0.15) is 71.8 Å². The van der Waals surface area contributed by atoms with Gasteiger partial charge in [-0.25, -0.2) is 9.48 Å². The SMILES string of the molecule is C=C(/C=C(\C)c1cccc(-n2ncc(C(=O)O)c2C2CC2c2cn(C)nn2)c1)OCC1CCCCO1. The van der Waals surface area contributed by atoms with Gasteiger partial charge in [-0.1, -0.05) is 23.9 Å². The van der Waals surface area contributed by atoms with Gasteiger partial charge in [0.1, 0.15) is 17.9 Å². The highest BCUT2D eigenvalue weighted by Gasteiger charge is 2.46. The van der Waals surface area contributed by atoms with Crippen molar-refractivity contribution in [1.82, 2.24) is 24.8 Å². The van der Waals surface area contributed by atoms with Crippen molar-refractivity contribution >= 4 is 11.5 Å². The number of carbonyl (C=O) groups is 1. The van der Waals surface area contributed by atoms with E-state index in [1.165, 1.54) is 12.6 Å². The Labute approximate surface area is 210 Å². The van der Waals surface area contributed by atoms with Crippen LogP contribution in [-0.2, 0) is 16.5 Å². The first-order valence-corrected chi connectivity index (χ1v) is 12.3. The first-order valence-electron chi connectivity index (χ1n) is 12.3. The van der Waals surface area contributed by atoms with Gasteiger partial charge in [-0.15, -0.1) is 5.10 Å². The molecule has 2 fully saturated rings. The van der Waals surface area contributed by atoms with Gasteiger partial charge in [0, 0.05) is 31.7 Å². The Morgan fingerprint density at radius 2 is 2.19 bits per heavy atom. The highest BCUT2D eigenvalue weighted by atomic mass is 16.5. The van der Waals surface area contributed by atoms with E-state index in [-0.39, 0.29) is 23.5 Å². The summed E-state index contributed by atoms with van der Waals surface area (Å²) < 4.78 is 15.0. The zero-order valence-corrected chi connectivity index (χ0v) is 20.6. The molecular weight excluding hydrogens is 458 g/mol. The summed E-state index contributed by atoms with van der Waals surface area (Å²) in [6.45, 7) is 7.34. The summed E-state index contributed by atoms with van der Waals surface area (Å²) in [5.74, 6) is -0.245. The third-order valence-electron chi connectivity index (χ3n) is 6.83. The molecule has 0 amide bonds. The van der Waals surface area contributed by atoms with E-state index in [1.54, 1.807) is 9.36 Å².